The number of alkyl halides is 3. The normalized spacial score (nSPS) is 24.1. The molecule has 0 saturated carbocycles. The molecule has 1 aliphatic rings. The topological polar surface area (TPSA) is 114 Å². The van der Waals surface area contributed by atoms with Crippen LogP contribution in [-0.2, 0) is 16.7 Å². The first kappa shape index (κ1) is 21.4. The number of nitrogens with two attached hydrogens (primary N) is 1. The molecule has 0 fully saturated rings. The molecule has 2 N–H and O–H groups in total. The molecule has 10 heteroatoms. The Labute approximate surface area is 170 Å². The molecule has 0 aromatic carbocycles. The van der Waals surface area contributed by atoms with Crippen molar-refractivity contribution in [3.05, 3.63) is 59.2 Å². The molecule has 30 heavy (non-hydrogen) atoms. The molecule has 0 saturated heterocycles. The first-order valence-corrected chi connectivity index (χ1v) is 8.91. The molecular weight excluding hydrogens is 399 g/mol. The molecule has 156 valence electrons. The third-order valence-corrected chi connectivity index (χ3v) is 4.92. The number of halogens is 3. The van der Waals surface area contributed by atoms with Crippen LogP contribution in [0.25, 0.3) is 0 Å². The van der Waals surface area contributed by atoms with E-state index >= 15 is 0 Å². The molecule has 0 amide bonds. The first-order valence-electron chi connectivity index (χ1n) is 8.91. The van der Waals surface area contributed by atoms with Crippen LogP contribution in [0.5, 0.6) is 0 Å². The van der Waals surface area contributed by atoms with E-state index in [-0.39, 0.29) is 24.5 Å². The quantitative estimate of drug-likeness (QED) is 0.765. The number of ether oxygens (including phenoxy) is 1. The van der Waals surface area contributed by atoms with Gasteiger partial charge in [-0.25, -0.2) is 0 Å². The average molecular weight is 417 g/mol. The molecule has 0 radical (unpaired) electrons. The third-order valence-electron chi connectivity index (χ3n) is 4.92. The fraction of sp³-hybridized carbons (Fsp3) is 0.350. The molecule has 1 aliphatic heterocycles. The molecule has 0 spiro atoms. The summed E-state index contributed by atoms with van der Waals surface area (Å²) in [5.74, 6) is -1.00. The van der Waals surface area contributed by atoms with Gasteiger partial charge < -0.3 is 10.5 Å². The van der Waals surface area contributed by atoms with E-state index in [9.17, 15) is 18.0 Å². The summed E-state index contributed by atoms with van der Waals surface area (Å²) in [5, 5.41) is 8.80. The van der Waals surface area contributed by atoms with Crippen molar-refractivity contribution in [1.82, 2.24) is 9.97 Å². The number of carbonyl (C=O) groups excluding carboxylic acids is 1. The van der Waals surface area contributed by atoms with Crippen LogP contribution in [0.2, 0.25) is 0 Å². The highest BCUT2D eigenvalue weighted by Gasteiger charge is 2.59. The summed E-state index contributed by atoms with van der Waals surface area (Å²) in [6.07, 6.45) is -3.49. The number of hydrogen-bond acceptors (Lipinski definition) is 7. The zero-order valence-corrected chi connectivity index (χ0v) is 16.2. The Hall–Kier alpha value is -3.32. The molecule has 3 heterocycles. The lowest BCUT2D eigenvalue weighted by atomic mass is 9.93. The second-order valence-electron chi connectivity index (χ2n) is 7.25. The largest absolute Gasteiger partial charge is 0.424 e. The molecular formula is C20H18F3N5O2. The zero-order valence-electron chi connectivity index (χ0n) is 16.2. The Bertz CT molecular complexity index is 1050. The smallest absolute Gasteiger partial charge is 0.385 e. The second kappa shape index (κ2) is 7.50. The van der Waals surface area contributed by atoms with Gasteiger partial charge in [-0.15, -0.1) is 0 Å². The van der Waals surface area contributed by atoms with E-state index in [2.05, 4.69) is 15.0 Å². The summed E-state index contributed by atoms with van der Waals surface area (Å²) < 4.78 is 45.0. The SMILES string of the molecule is C[C@@]1(c2cccc(CC(=O)c3ccc(C#N)cn3)n2)CO[C@@](C)(C(F)(F)F)C(N)=N1. The molecule has 7 nitrogen and oxygen atoms in total. The molecule has 3 rings (SSSR count). The van der Waals surface area contributed by atoms with Crippen LogP contribution >= 0.6 is 0 Å². The number of carbonyl (C=O) groups is 1. The van der Waals surface area contributed by atoms with Crippen LogP contribution in [-0.4, -0.2) is 40.0 Å². The van der Waals surface area contributed by atoms with Crippen LogP contribution in [0.15, 0.2) is 41.5 Å². The van der Waals surface area contributed by atoms with E-state index in [0.717, 1.165) is 6.92 Å². The highest BCUT2D eigenvalue weighted by molar-refractivity contribution is 5.95. The van der Waals surface area contributed by atoms with Crippen LogP contribution in [0, 0.1) is 11.3 Å². The Morgan fingerprint density at radius 3 is 2.60 bits per heavy atom. The van der Waals surface area contributed by atoms with Gasteiger partial charge in [0.05, 0.1) is 24.3 Å². The maximum atomic E-state index is 13.3. The van der Waals surface area contributed by atoms with Gasteiger partial charge >= 0.3 is 6.18 Å². The van der Waals surface area contributed by atoms with E-state index in [1.54, 1.807) is 25.1 Å². The third kappa shape index (κ3) is 3.89. The summed E-state index contributed by atoms with van der Waals surface area (Å²) in [6, 6.07) is 9.69. The summed E-state index contributed by atoms with van der Waals surface area (Å²) in [5.41, 5.74) is 2.95. The number of hydrogen-bond donors (Lipinski definition) is 1. The van der Waals surface area contributed by atoms with Crippen molar-refractivity contribution in [2.75, 3.05) is 6.61 Å². The Morgan fingerprint density at radius 1 is 1.30 bits per heavy atom. The fourth-order valence-corrected chi connectivity index (χ4v) is 2.88. The Kier molecular flexibility index (Phi) is 5.34. The number of nitriles is 1. The number of amidine groups is 1. The molecule has 0 bridgehead atoms. The lowest BCUT2D eigenvalue weighted by Gasteiger charge is -2.40. The molecule has 0 unspecified atom stereocenters. The van der Waals surface area contributed by atoms with E-state index < -0.39 is 23.2 Å². The van der Waals surface area contributed by atoms with Crippen LogP contribution in [0.1, 0.15) is 41.3 Å². The van der Waals surface area contributed by atoms with Gasteiger partial charge in [0.15, 0.2) is 5.78 Å². The minimum atomic E-state index is -4.71. The van der Waals surface area contributed by atoms with Crippen molar-refractivity contribution < 1.29 is 22.7 Å². The number of nitrogens with zero attached hydrogens (tertiary/aromatic N) is 4. The fourth-order valence-electron chi connectivity index (χ4n) is 2.88. The summed E-state index contributed by atoms with van der Waals surface area (Å²) in [7, 11) is 0. The van der Waals surface area contributed by atoms with E-state index in [1.165, 1.54) is 18.3 Å². The van der Waals surface area contributed by atoms with Crippen LogP contribution < -0.4 is 5.73 Å². The minimum absolute atomic E-state index is 0.0802. The maximum absolute atomic E-state index is 13.3. The predicted molar refractivity (Wildman–Crippen MR) is 101 cm³/mol. The van der Waals surface area contributed by atoms with Gasteiger partial charge in [0.25, 0.3) is 0 Å². The van der Waals surface area contributed by atoms with E-state index in [4.69, 9.17) is 15.7 Å². The van der Waals surface area contributed by atoms with Crippen molar-refractivity contribution in [3.8, 4) is 6.07 Å². The summed E-state index contributed by atoms with van der Waals surface area (Å²) in [6.45, 7) is 2.01. The summed E-state index contributed by atoms with van der Waals surface area (Å²) in [4.78, 5) is 24.8. The lowest BCUT2D eigenvalue weighted by molar-refractivity contribution is -0.249. The zero-order chi connectivity index (χ0) is 22.2. The van der Waals surface area contributed by atoms with Gasteiger partial charge in [-0.3, -0.25) is 19.8 Å². The van der Waals surface area contributed by atoms with E-state index in [0.29, 0.717) is 17.0 Å². The Morgan fingerprint density at radius 2 is 2.03 bits per heavy atom. The van der Waals surface area contributed by atoms with Gasteiger partial charge in [-0.1, -0.05) is 6.07 Å². The summed E-state index contributed by atoms with van der Waals surface area (Å²) >= 11 is 0. The molecule has 2 aromatic heterocycles. The number of ketones is 1. The van der Waals surface area contributed by atoms with Crippen molar-refractivity contribution in [1.29, 1.82) is 5.26 Å². The van der Waals surface area contributed by atoms with Crippen molar-refractivity contribution in [3.63, 3.8) is 0 Å². The predicted octanol–water partition coefficient (Wildman–Crippen LogP) is 2.70. The standard InChI is InChI=1S/C20H18F3N5O2/c1-18(11-30-19(2,17(25)28-18)20(21,22)23)16-5-3-4-13(27-16)8-15(29)14-7-6-12(9-24)10-26-14/h3-7,10H,8,11H2,1-2H3,(H2,25,28)/t18-,19+/m0/s1. The highest BCUT2D eigenvalue weighted by Crippen LogP contribution is 2.40. The molecule has 2 aromatic rings. The van der Waals surface area contributed by atoms with Crippen LogP contribution in [0.4, 0.5) is 13.2 Å². The number of aliphatic imine (C=N–C) groups is 1. The van der Waals surface area contributed by atoms with Gasteiger partial charge in [0.2, 0.25) is 5.60 Å². The second-order valence-corrected chi connectivity index (χ2v) is 7.25. The minimum Gasteiger partial charge on any atom is -0.385 e. The number of rotatable bonds is 4. The van der Waals surface area contributed by atoms with Crippen molar-refractivity contribution >= 4 is 11.6 Å². The van der Waals surface area contributed by atoms with Gasteiger partial charge in [-0.05, 0) is 38.1 Å². The molecule has 0 aliphatic carbocycles. The average Bonchev–Trinajstić information content (AvgIpc) is 2.70. The number of aromatic nitrogens is 2. The van der Waals surface area contributed by atoms with Gasteiger partial charge in [-0.2, -0.15) is 18.4 Å². The lowest BCUT2D eigenvalue weighted by Crippen LogP contribution is -2.60. The number of pyridine rings is 2. The monoisotopic (exact) mass is 417 g/mol. The maximum Gasteiger partial charge on any atom is 0.424 e. The number of Topliss-reactive ketones (excluding diaryl/α,β-unsaturated/α-hetero) is 1. The van der Waals surface area contributed by atoms with Gasteiger partial charge in [0.1, 0.15) is 23.1 Å². The van der Waals surface area contributed by atoms with Crippen LogP contribution in [0.3, 0.4) is 0 Å². The molecule has 2 atom stereocenters. The first-order chi connectivity index (χ1) is 14.0. The van der Waals surface area contributed by atoms with Crippen molar-refractivity contribution in [2.24, 2.45) is 10.7 Å². The highest BCUT2D eigenvalue weighted by atomic mass is 19.4. The van der Waals surface area contributed by atoms with Gasteiger partial charge in [0, 0.05) is 11.9 Å². The Balaban J connectivity index is 1.85. The van der Waals surface area contributed by atoms with Crippen molar-refractivity contribution in [2.45, 2.75) is 37.6 Å². The van der Waals surface area contributed by atoms with E-state index in [1.807, 2.05) is 6.07 Å².